The predicted molar refractivity (Wildman–Crippen MR) is 90.2 cm³/mol. The van der Waals surface area contributed by atoms with Gasteiger partial charge in [0.15, 0.2) is 0 Å². The molecule has 0 spiro atoms. The number of aromatic nitrogens is 1. The summed E-state index contributed by atoms with van der Waals surface area (Å²) < 4.78 is 11.3. The van der Waals surface area contributed by atoms with Gasteiger partial charge in [-0.1, -0.05) is 0 Å². The third-order valence-electron chi connectivity index (χ3n) is 4.34. The minimum atomic E-state index is -2.37. The van der Waals surface area contributed by atoms with Gasteiger partial charge in [0.05, 0.1) is 0 Å². The van der Waals surface area contributed by atoms with Crippen LogP contribution in [0.25, 0.3) is 0 Å². The summed E-state index contributed by atoms with van der Waals surface area (Å²) in [7, 11) is 0. The van der Waals surface area contributed by atoms with Gasteiger partial charge in [-0.05, 0) is 0 Å². The van der Waals surface area contributed by atoms with Crippen molar-refractivity contribution < 1.29 is 4.42 Å². The predicted octanol–water partition coefficient (Wildman–Crippen LogP) is 5.37. The third kappa shape index (κ3) is 5.79. The Bertz CT molecular complexity index is 327. The van der Waals surface area contributed by atoms with E-state index in [0.717, 1.165) is 5.92 Å². The fourth-order valence-corrected chi connectivity index (χ4v) is 17.3. The normalized spacial score (nSPS) is 12.2. The molecule has 0 saturated carbocycles. The van der Waals surface area contributed by atoms with Gasteiger partial charge < -0.3 is 0 Å². The van der Waals surface area contributed by atoms with Gasteiger partial charge in [-0.3, -0.25) is 0 Å². The van der Waals surface area contributed by atoms with E-state index >= 15 is 0 Å². The molecule has 0 fully saturated rings. The van der Waals surface area contributed by atoms with Crippen LogP contribution in [0.5, 0.6) is 0 Å². The summed E-state index contributed by atoms with van der Waals surface area (Å²) in [6.45, 7) is 9.28. The van der Waals surface area contributed by atoms with E-state index in [9.17, 15) is 0 Å². The first-order valence-electron chi connectivity index (χ1n) is 8.54. The van der Waals surface area contributed by atoms with Crippen molar-refractivity contribution in [3.05, 3.63) is 12.5 Å². The van der Waals surface area contributed by atoms with Crippen molar-refractivity contribution in [2.45, 2.75) is 79.5 Å². The molecule has 0 amide bonds. The van der Waals surface area contributed by atoms with Gasteiger partial charge in [-0.15, -0.1) is 0 Å². The van der Waals surface area contributed by atoms with E-state index in [0.29, 0.717) is 0 Å². The second-order valence-corrected chi connectivity index (χ2v) is 19.4. The first-order valence-corrected chi connectivity index (χ1v) is 16.0. The van der Waals surface area contributed by atoms with Gasteiger partial charge in [-0.25, -0.2) is 0 Å². The van der Waals surface area contributed by atoms with Crippen LogP contribution in [0.15, 0.2) is 16.9 Å². The number of unbranched alkanes of at least 4 members (excludes halogenated alkanes) is 2. The molecule has 0 aliphatic heterocycles. The molecule has 1 aromatic rings. The van der Waals surface area contributed by atoms with Crippen molar-refractivity contribution in [2.24, 2.45) is 5.92 Å². The van der Waals surface area contributed by atoms with Crippen LogP contribution in [-0.4, -0.2) is 23.4 Å². The third-order valence-corrected chi connectivity index (χ3v) is 18.9. The van der Waals surface area contributed by atoms with Gasteiger partial charge in [0.2, 0.25) is 0 Å². The van der Waals surface area contributed by atoms with Crippen molar-refractivity contribution in [2.75, 3.05) is 0 Å². The van der Waals surface area contributed by atoms with Crippen LogP contribution in [0.4, 0.5) is 0 Å². The average molecular weight is 386 g/mol. The molecule has 0 aliphatic carbocycles. The summed E-state index contributed by atoms with van der Waals surface area (Å²) in [5.74, 6) is 0.820. The maximum atomic E-state index is 5.83. The topological polar surface area (TPSA) is 26.0 Å². The number of hydrogen-bond donors (Lipinski definition) is 0. The molecule has 0 aliphatic rings. The first-order chi connectivity index (χ1) is 9.64. The number of oxazole rings is 1. The number of hydrogen-bond acceptors (Lipinski definition) is 2. The van der Waals surface area contributed by atoms with Crippen molar-refractivity contribution in [1.29, 1.82) is 0 Å². The van der Waals surface area contributed by atoms with Crippen LogP contribution in [-0.2, 0) is 0 Å². The molecule has 0 bridgehead atoms. The Morgan fingerprint density at radius 3 is 2.10 bits per heavy atom. The minimum absolute atomic E-state index is 0.820. The van der Waals surface area contributed by atoms with E-state index < -0.39 is 18.4 Å². The molecule has 1 heterocycles. The molecule has 1 aromatic heterocycles. The van der Waals surface area contributed by atoms with Crippen molar-refractivity contribution in [3.8, 4) is 0 Å². The first kappa shape index (κ1) is 18.1. The van der Waals surface area contributed by atoms with Crippen molar-refractivity contribution >= 4 is 22.3 Å². The number of rotatable bonds is 11. The van der Waals surface area contributed by atoms with Gasteiger partial charge in [0, 0.05) is 0 Å². The molecule has 0 radical (unpaired) electrons. The molecular weight excluding hydrogens is 353 g/mol. The Hall–Kier alpha value is 0.00870. The Morgan fingerprint density at radius 1 is 1.05 bits per heavy atom. The Balaban J connectivity index is 2.80. The number of nitrogens with zero attached hydrogens (tertiary/aromatic N) is 1. The Kier molecular flexibility index (Phi) is 8.90. The van der Waals surface area contributed by atoms with Crippen LogP contribution in [0.3, 0.4) is 0 Å². The van der Waals surface area contributed by atoms with Crippen molar-refractivity contribution in [1.82, 2.24) is 4.98 Å². The average Bonchev–Trinajstić information content (AvgIpc) is 2.95. The van der Waals surface area contributed by atoms with Gasteiger partial charge in [-0.2, -0.15) is 0 Å². The molecule has 0 N–H and O–H groups in total. The fourth-order valence-electron chi connectivity index (χ4n) is 3.06. The molecule has 116 valence electrons. The van der Waals surface area contributed by atoms with E-state index in [1.54, 1.807) is 6.26 Å². The quantitative estimate of drug-likeness (QED) is 0.478. The van der Waals surface area contributed by atoms with Crippen LogP contribution in [0.1, 0.15) is 66.2 Å². The summed E-state index contributed by atoms with van der Waals surface area (Å²) in [5.41, 5.74) is 0. The van der Waals surface area contributed by atoms with E-state index in [-0.39, 0.29) is 0 Å². The summed E-state index contributed by atoms with van der Waals surface area (Å²) in [6, 6.07) is 0. The standard InChI is InChI=1S/C6H13.2C4H9.C3H2NO.Sn/c1-4-5-6(2)3;2*1-3-4-2;1-2-5-3-4-1;/h6H,1,4-5H2,2-3H3;2*1,3-4H2,2H3;1-2H;. The maximum absolute atomic E-state index is 5.83. The van der Waals surface area contributed by atoms with Gasteiger partial charge in [0.1, 0.15) is 0 Å². The summed E-state index contributed by atoms with van der Waals surface area (Å²) in [6.07, 6.45) is 11.7. The second kappa shape index (κ2) is 9.86. The van der Waals surface area contributed by atoms with Gasteiger partial charge >= 0.3 is 130 Å². The molecule has 1 rings (SSSR count). The molecule has 2 nitrogen and oxygen atoms in total. The van der Waals surface area contributed by atoms with Crippen LogP contribution in [0, 0.1) is 5.92 Å². The molecule has 20 heavy (non-hydrogen) atoms. The molecule has 0 aromatic carbocycles. The van der Waals surface area contributed by atoms with E-state index in [1.807, 2.05) is 6.20 Å². The summed E-state index contributed by atoms with van der Waals surface area (Å²) in [4.78, 5) is 4.62. The molecule has 0 saturated heterocycles. The fraction of sp³-hybridized carbons (Fsp3) is 0.824. The van der Waals surface area contributed by atoms with E-state index in [4.69, 9.17) is 4.42 Å². The van der Waals surface area contributed by atoms with Crippen molar-refractivity contribution in [3.63, 3.8) is 0 Å². The second-order valence-electron chi connectivity index (χ2n) is 6.61. The zero-order valence-corrected chi connectivity index (χ0v) is 16.8. The monoisotopic (exact) mass is 387 g/mol. The molecule has 0 unspecified atom stereocenters. The Labute approximate surface area is 129 Å². The summed E-state index contributed by atoms with van der Waals surface area (Å²) >= 11 is -2.37. The van der Waals surface area contributed by atoms with Crippen LogP contribution in [0.2, 0.25) is 13.3 Å². The SMILES string of the molecule is CCC[CH2][Sn]([CH2]CCC)([CH2]CCC(C)C)[c]1ncco1. The van der Waals surface area contributed by atoms with E-state index in [1.165, 1.54) is 55.7 Å². The molecule has 3 heteroatoms. The zero-order valence-electron chi connectivity index (χ0n) is 14.0. The Morgan fingerprint density at radius 2 is 1.65 bits per heavy atom. The van der Waals surface area contributed by atoms with Gasteiger partial charge in [0.25, 0.3) is 0 Å². The molecular formula is C17H33NOSn. The van der Waals surface area contributed by atoms with Crippen LogP contribution >= 0.6 is 0 Å². The van der Waals surface area contributed by atoms with E-state index in [2.05, 4.69) is 32.7 Å². The zero-order chi connectivity index (χ0) is 14.8. The summed E-state index contributed by atoms with van der Waals surface area (Å²) in [5, 5.41) is 0. The molecule has 0 atom stereocenters. The van der Waals surface area contributed by atoms with Crippen LogP contribution < -0.4 is 3.91 Å².